The Hall–Kier alpha value is -1.38. The Balaban J connectivity index is 3.31. The lowest BCUT2D eigenvalue weighted by molar-refractivity contribution is -0.143. The quantitative estimate of drug-likeness (QED) is 0.0493. The fraction of sp³-hybridized carbons (Fsp3) is 0.833. The number of allylic oxidation sites excluding steroid dienone is 4. The fourth-order valence-corrected chi connectivity index (χ4v) is 4.87. The third-order valence-corrected chi connectivity index (χ3v) is 7.50. The smallest absolute Gasteiger partial charge is 0.305 e. The molecule has 0 aromatic carbocycles. The maximum Gasteiger partial charge on any atom is 0.305 e. The van der Waals surface area contributed by atoms with Crippen molar-refractivity contribution in [2.24, 2.45) is 0 Å². The standard InChI is InChI=1S/C36H66O3/c1-3-5-7-9-11-12-13-14-15-16-17-18-19-20-23-27-31-35(37)32-28-24-22-25-29-33-36(38)39-34-30-26-21-10-8-6-4-2/h11-12,14-15H,3-10,13,16-34H2,1-2H3/b12-11-,15-14-. The van der Waals surface area contributed by atoms with Crippen LogP contribution in [0.1, 0.15) is 187 Å². The summed E-state index contributed by atoms with van der Waals surface area (Å²) in [4.78, 5) is 23.9. The van der Waals surface area contributed by atoms with Gasteiger partial charge < -0.3 is 4.74 Å². The number of carbonyl (C=O) groups excluding carboxylic acids is 2. The van der Waals surface area contributed by atoms with E-state index in [9.17, 15) is 9.59 Å². The molecule has 0 aromatic heterocycles. The minimum atomic E-state index is -0.0375. The van der Waals surface area contributed by atoms with Gasteiger partial charge in [-0.1, -0.05) is 134 Å². The summed E-state index contributed by atoms with van der Waals surface area (Å²) in [5.41, 5.74) is 0. The van der Waals surface area contributed by atoms with Crippen molar-refractivity contribution in [1.29, 1.82) is 0 Å². The van der Waals surface area contributed by atoms with Gasteiger partial charge in [-0.05, 0) is 57.8 Å². The van der Waals surface area contributed by atoms with Crippen molar-refractivity contribution in [1.82, 2.24) is 0 Å². The number of hydrogen-bond acceptors (Lipinski definition) is 3. The maximum absolute atomic E-state index is 12.1. The molecule has 0 aliphatic heterocycles. The Labute approximate surface area is 244 Å². The molecule has 0 saturated heterocycles. The van der Waals surface area contributed by atoms with Gasteiger partial charge >= 0.3 is 5.97 Å². The first-order chi connectivity index (χ1) is 19.2. The molecule has 3 nitrogen and oxygen atoms in total. The lowest BCUT2D eigenvalue weighted by atomic mass is 10.0. The monoisotopic (exact) mass is 547 g/mol. The van der Waals surface area contributed by atoms with Gasteiger partial charge in [-0.25, -0.2) is 0 Å². The minimum Gasteiger partial charge on any atom is -0.466 e. The number of Topliss-reactive ketones (excluding diaryl/α,β-unsaturated/α-hetero) is 1. The second kappa shape index (κ2) is 32.8. The maximum atomic E-state index is 12.1. The molecule has 0 bridgehead atoms. The van der Waals surface area contributed by atoms with Crippen LogP contribution in [-0.2, 0) is 14.3 Å². The molecule has 0 N–H and O–H groups in total. The Morgan fingerprint density at radius 2 is 0.872 bits per heavy atom. The lowest BCUT2D eigenvalue weighted by Gasteiger charge is -2.05. The van der Waals surface area contributed by atoms with Gasteiger partial charge in [-0.2, -0.15) is 0 Å². The average molecular weight is 547 g/mol. The molecule has 0 amide bonds. The summed E-state index contributed by atoms with van der Waals surface area (Å²) in [5.74, 6) is 0.401. The highest BCUT2D eigenvalue weighted by atomic mass is 16.5. The third-order valence-electron chi connectivity index (χ3n) is 7.50. The highest BCUT2D eigenvalue weighted by Crippen LogP contribution is 2.13. The molecule has 0 rings (SSSR count). The van der Waals surface area contributed by atoms with E-state index in [1.807, 2.05) is 0 Å². The number of ether oxygens (including phenoxy) is 1. The molecule has 0 heterocycles. The lowest BCUT2D eigenvalue weighted by Crippen LogP contribution is -2.05. The molecule has 0 spiro atoms. The Morgan fingerprint density at radius 3 is 1.44 bits per heavy atom. The highest BCUT2D eigenvalue weighted by molar-refractivity contribution is 5.78. The van der Waals surface area contributed by atoms with E-state index in [-0.39, 0.29) is 5.97 Å². The van der Waals surface area contributed by atoms with Gasteiger partial charge in [0.05, 0.1) is 6.61 Å². The molecule has 0 radical (unpaired) electrons. The van der Waals surface area contributed by atoms with Crippen LogP contribution in [0, 0.1) is 0 Å². The summed E-state index contributed by atoms with van der Waals surface area (Å²) >= 11 is 0. The topological polar surface area (TPSA) is 43.4 Å². The van der Waals surface area contributed by atoms with Gasteiger partial charge in [-0.15, -0.1) is 0 Å². The minimum absolute atomic E-state index is 0.0375. The first kappa shape index (κ1) is 37.6. The van der Waals surface area contributed by atoms with Crippen molar-refractivity contribution in [3.05, 3.63) is 24.3 Å². The second-order valence-electron chi connectivity index (χ2n) is 11.5. The van der Waals surface area contributed by atoms with Gasteiger partial charge in [0.15, 0.2) is 0 Å². The summed E-state index contributed by atoms with van der Waals surface area (Å²) in [6, 6.07) is 0. The van der Waals surface area contributed by atoms with E-state index < -0.39 is 0 Å². The Kier molecular flexibility index (Phi) is 31.7. The number of rotatable bonds is 31. The van der Waals surface area contributed by atoms with Gasteiger partial charge in [0.1, 0.15) is 5.78 Å². The molecule has 3 heteroatoms. The van der Waals surface area contributed by atoms with Crippen LogP contribution >= 0.6 is 0 Å². The zero-order valence-electron chi connectivity index (χ0n) is 26.3. The molecule has 0 saturated carbocycles. The average Bonchev–Trinajstić information content (AvgIpc) is 2.93. The molecule has 0 aliphatic carbocycles. The van der Waals surface area contributed by atoms with Crippen molar-refractivity contribution >= 4 is 11.8 Å². The van der Waals surface area contributed by atoms with Gasteiger partial charge in [0.25, 0.3) is 0 Å². The summed E-state index contributed by atoms with van der Waals surface area (Å²) in [7, 11) is 0. The van der Waals surface area contributed by atoms with E-state index in [0.717, 1.165) is 64.2 Å². The van der Waals surface area contributed by atoms with E-state index in [1.54, 1.807) is 0 Å². The molecular weight excluding hydrogens is 480 g/mol. The fourth-order valence-electron chi connectivity index (χ4n) is 4.87. The third kappa shape index (κ3) is 32.7. The number of unbranched alkanes of at least 4 members (excludes halogenated alkanes) is 19. The van der Waals surface area contributed by atoms with Gasteiger partial charge in [0.2, 0.25) is 0 Å². The van der Waals surface area contributed by atoms with E-state index in [1.165, 1.54) is 103 Å². The summed E-state index contributed by atoms with van der Waals surface area (Å²) in [5, 5.41) is 0. The molecule has 0 unspecified atom stereocenters. The van der Waals surface area contributed by atoms with Crippen LogP contribution < -0.4 is 0 Å². The first-order valence-electron chi connectivity index (χ1n) is 17.2. The molecule has 39 heavy (non-hydrogen) atoms. The zero-order valence-corrected chi connectivity index (χ0v) is 26.3. The first-order valence-corrected chi connectivity index (χ1v) is 17.2. The van der Waals surface area contributed by atoms with Crippen LogP contribution in [0.2, 0.25) is 0 Å². The Bertz CT molecular complexity index is 578. The summed E-state index contributed by atoms with van der Waals surface area (Å²) in [6.45, 7) is 5.08. The van der Waals surface area contributed by atoms with Gasteiger partial charge in [0, 0.05) is 19.3 Å². The van der Waals surface area contributed by atoms with Crippen LogP contribution in [0.5, 0.6) is 0 Å². The number of ketones is 1. The van der Waals surface area contributed by atoms with Crippen molar-refractivity contribution in [3.63, 3.8) is 0 Å². The van der Waals surface area contributed by atoms with Crippen LogP contribution in [0.25, 0.3) is 0 Å². The second-order valence-corrected chi connectivity index (χ2v) is 11.5. The molecular formula is C36H66O3. The van der Waals surface area contributed by atoms with Crippen molar-refractivity contribution < 1.29 is 14.3 Å². The van der Waals surface area contributed by atoms with Crippen molar-refractivity contribution in [2.45, 2.75) is 187 Å². The molecule has 0 aromatic rings. The van der Waals surface area contributed by atoms with Crippen LogP contribution in [0.4, 0.5) is 0 Å². The zero-order chi connectivity index (χ0) is 28.5. The molecule has 228 valence electrons. The van der Waals surface area contributed by atoms with Crippen LogP contribution in [-0.4, -0.2) is 18.4 Å². The van der Waals surface area contributed by atoms with Crippen LogP contribution in [0.15, 0.2) is 24.3 Å². The van der Waals surface area contributed by atoms with E-state index >= 15 is 0 Å². The number of hydrogen-bond donors (Lipinski definition) is 0. The largest absolute Gasteiger partial charge is 0.466 e. The van der Waals surface area contributed by atoms with Crippen LogP contribution in [0.3, 0.4) is 0 Å². The number of carbonyl (C=O) groups is 2. The van der Waals surface area contributed by atoms with E-state index in [4.69, 9.17) is 4.74 Å². The predicted octanol–water partition coefficient (Wildman–Crippen LogP) is 11.8. The Morgan fingerprint density at radius 1 is 0.462 bits per heavy atom. The number of esters is 1. The van der Waals surface area contributed by atoms with Gasteiger partial charge in [-0.3, -0.25) is 9.59 Å². The van der Waals surface area contributed by atoms with E-state index in [2.05, 4.69) is 38.2 Å². The molecule has 0 fully saturated rings. The predicted molar refractivity (Wildman–Crippen MR) is 170 cm³/mol. The molecule has 0 atom stereocenters. The summed E-state index contributed by atoms with van der Waals surface area (Å²) < 4.78 is 5.35. The normalized spacial score (nSPS) is 11.6. The molecule has 0 aliphatic rings. The van der Waals surface area contributed by atoms with E-state index in [0.29, 0.717) is 18.8 Å². The SMILES string of the molecule is CCCCC/C=C\C/C=C\CCCCCCCCC(=O)CCCCCCCC(=O)OCCCCCCCCC. The highest BCUT2D eigenvalue weighted by Gasteiger charge is 2.04. The van der Waals surface area contributed by atoms with Crippen molar-refractivity contribution in [2.75, 3.05) is 6.61 Å². The summed E-state index contributed by atoms with van der Waals surface area (Å²) in [6.07, 6.45) is 40.1. The van der Waals surface area contributed by atoms with Crippen molar-refractivity contribution in [3.8, 4) is 0 Å².